The maximum Gasteiger partial charge on any atom is 0.163 e. The molecule has 3 aromatic heterocycles. The van der Waals surface area contributed by atoms with E-state index in [0.29, 0.717) is 0 Å². The highest BCUT2D eigenvalue weighted by Crippen LogP contribution is 2.19. The minimum Gasteiger partial charge on any atom is -0.469 e. The summed E-state index contributed by atoms with van der Waals surface area (Å²) in [5.74, 6) is 1.76. The molecule has 1 unspecified atom stereocenters. The quantitative estimate of drug-likeness (QED) is 0.774. The topological polar surface area (TPSA) is 68.8 Å². The van der Waals surface area contributed by atoms with Crippen molar-refractivity contribution in [2.45, 2.75) is 19.4 Å². The number of anilines is 1. The summed E-state index contributed by atoms with van der Waals surface area (Å²) in [7, 11) is 1.87. The molecule has 0 amide bonds. The van der Waals surface area contributed by atoms with Gasteiger partial charge in [-0.2, -0.15) is 5.10 Å². The van der Waals surface area contributed by atoms with Crippen molar-refractivity contribution < 1.29 is 4.42 Å². The molecule has 6 heteroatoms. The van der Waals surface area contributed by atoms with E-state index in [9.17, 15) is 0 Å². The number of aromatic nitrogens is 4. The Bertz CT molecular complexity index is 673. The molecule has 19 heavy (non-hydrogen) atoms. The number of aryl methyl sites for hydroxylation is 1. The van der Waals surface area contributed by atoms with Gasteiger partial charge in [-0.1, -0.05) is 0 Å². The summed E-state index contributed by atoms with van der Waals surface area (Å²) < 4.78 is 7.08. The normalized spacial score (nSPS) is 12.7. The first kappa shape index (κ1) is 11.7. The molecule has 0 saturated carbocycles. The summed E-state index contributed by atoms with van der Waals surface area (Å²) in [6, 6.07) is 4.08. The summed E-state index contributed by atoms with van der Waals surface area (Å²) in [5.41, 5.74) is 0.822. The lowest BCUT2D eigenvalue weighted by molar-refractivity contribution is 0.497. The van der Waals surface area contributed by atoms with Crippen LogP contribution in [0.3, 0.4) is 0 Å². The van der Waals surface area contributed by atoms with Gasteiger partial charge in [-0.3, -0.25) is 4.68 Å². The van der Waals surface area contributed by atoms with Gasteiger partial charge in [0.25, 0.3) is 0 Å². The molecule has 3 aromatic rings. The van der Waals surface area contributed by atoms with Crippen LogP contribution in [0.5, 0.6) is 0 Å². The smallest absolute Gasteiger partial charge is 0.163 e. The first-order valence-electron chi connectivity index (χ1n) is 6.15. The molecule has 1 atom stereocenters. The number of nitrogens with one attached hydrogen (secondary N) is 1. The third-order valence-corrected chi connectivity index (χ3v) is 3.00. The SMILES string of the molecule is CC(Cc1ccco1)Nc1ncnc2c1cnn2C. The van der Waals surface area contributed by atoms with E-state index in [1.165, 1.54) is 0 Å². The van der Waals surface area contributed by atoms with Crippen LogP contribution in [0.25, 0.3) is 11.0 Å². The van der Waals surface area contributed by atoms with Crippen molar-refractivity contribution in [1.29, 1.82) is 0 Å². The van der Waals surface area contributed by atoms with Gasteiger partial charge < -0.3 is 9.73 Å². The first-order valence-corrected chi connectivity index (χ1v) is 6.15. The Morgan fingerprint density at radius 3 is 3.11 bits per heavy atom. The van der Waals surface area contributed by atoms with Crippen LogP contribution in [0.1, 0.15) is 12.7 Å². The molecule has 0 spiro atoms. The van der Waals surface area contributed by atoms with E-state index in [4.69, 9.17) is 4.42 Å². The number of hydrogen-bond acceptors (Lipinski definition) is 5. The molecule has 0 aliphatic rings. The van der Waals surface area contributed by atoms with Gasteiger partial charge in [0.1, 0.15) is 17.9 Å². The zero-order valence-electron chi connectivity index (χ0n) is 10.9. The lowest BCUT2D eigenvalue weighted by Crippen LogP contribution is -2.18. The molecule has 98 valence electrons. The number of nitrogens with zero attached hydrogens (tertiary/aromatic N) is 4. The van der Waals surface area contributed by atoms with E-state index in [1.54, 1.807) is 23.5 Å². The Balaban J connectivity index is 1.81. The van der Waals surface area contributed by atoms with Gasteiger partial charge in [0.2, 0.25) is 0 Å². The van der Waals surface area contributed by atoms with Crippen LogP contribution in [0.4, 0.5) is 5.82 Å². The molecule has 0 saturated heterocycles. The molecule has 0 radical (unpaired) electrons. The molecule has 0 aromatic carbocycles. The monoisotopic (exact) mass is 257 g/mol. The molecule has 3 heterocycles. The predicted molar refractivity (Wildman–Crippen MR) is 71.8 cm³/mol. The second-order valence-corrected chi connectivity index (χ2v) is 4.56. The molecule has 0 bridgehead atoms. The van der Waals surface area contributed by atoms with E-state index in [2.05, 4.69) is 27.3 Å². The maximum atomic E-state index is 5.34. The summed E-state index contributed by atoms with van der Waals surface area (Å²) in [5, 5.41) is 8.49. The van der Waals surface area contributed by atoms with Gasteiger partial charge >= 0.3 is 0 Å². The fourth-order valence-electron chi connectivity index (χ4n) is 2.09. The fourth-order valence-corrected chi connectivity index (χ4v) is 2.09. The molecule has 1 N–H and O–H groups in total. The van der Waals surface area contributed by atoms with Crippen molar-refractivity contribution >= 4 is 16.9 Å². The number of hydrogen-bond donors (Lipinski definition) is 1. The lowest BCUT2D eigenvalue weighted by atomic mass is 10.2. The Hall–Kier alpha value is -2.37. The highest BCUT2D eigenvalue weighted by atomic mass is 16.3. The first-order chi connectivity index (χ1) is 9.24. The average molecular weight is 257 g/mol. The van der Waals surface area contributed by atoms with E-state index in [1.807, 2.05) is 19.2 Å². The summed E-state index contributed by atoms with van der Waals surface area (Å²) >= 11 is 0. The van der Waals surface area contributed by atoms with Gasteiger partial charge in [-0.15, -0.1) is 0 Å². The van der Waals surface area contributed by atoms with Crippen LogP contribution in [0.2, 0.25) is 0 Å². The third-order valence-electron chi connectivity index (χ3n) is 3.00. The third kappa shape index (κ3) is 2.29. The van der Waals surface area contributed by atoms with Crippen LogP contribution in [0.15, 0.2) is 35.3 Å². The average Bonchev–Trinajstić information content (AvgIpc) is 3.01. The van der Waals surface area contributed by atoms with Crippen LogP contribution in [-0.2, 0) is 13.5 Å². The zero-order chi connectivity index (χ0) is 13.2. The largest absolute Gasteiger partial charge is 0.469 e. The lowest BCUT2D eigenvalue weighted by Gasteiger charge is -2.13. The van der Waals surface area contributed by atoms with Gasteiger partial charge in [-0.25, -0.2) is 9.97 Å². The standard InChI is InChI=1S/C13H15N5O/c1-9(6-10-4-3-5-19-10)17-12-11-7-16-18(2)13(11)15-8-14-12/h3-5,7-9H,6H2,1-2H3,(H,14,15,17). The Kier molecular flexibility index (Phi) is 2.91. The van der Waals surface area contributed by atoms with E-state index >= 15 is 0 Å². The van der Waals surface area contributed by atoms with Crippen molar-refractivity contribution in [3.8, 4) is 0 Å². The van der Waals surface area contributed by atoms with Crippen molar-refractivity contribution in [3.05, 3.63) is 36.7 Å². The van der Waals surface area contributed by atoms with Crippen molar-refractivity contribution in [2.75, 3.05) is 5.32 Å². The maximum absolute atomic E-state index is 5.34. The Morgan fingerprint density at radius 1 is 1.42 bits per heavy atom. The van der Waals surface area contributed by atoms with Gasteiger partial charge in [0.05, 0.1) is 17.8 Å². The number of furan rings is 1. The van der Waals surface area contributed by atoms with Gasteiger partial charge in [0.15, 0.2) is 5.65 Å². The van der Waals surface area contributed by atoms with E-state index in [-0.39, 0.29) is 6.04 Å². The second kappa shape index (κ2) is 4.72. The van der Waals surface area contributed by atoms with E-state index < -0.39 is 0 Å². The number of rotatable bonds is 4. The van der Waals surface area contributed by atoms with E-state index in [0.717, 1.165) is 29.0 Å². The van der Waals surface area contributed by atoms with Crippen LogP contribution in [-0.4, -0.2) is 25.8 Å². The zero-order valence-corrected chi connectivity index (χ0v) is 10.9. The van der Waals surface area contributed by atoms with Crippen molar-refractivity contribution in [1.82, 2.24) is 19.7 Å². The minimum atomic E-state index is 0.212. The molecular formula is C13H15N5O. The predicted octanol–water partition coefficient (Wildman–Crippen LogP) is 2.00. The molecule has 6 nitrogen and oxygen atoms in total. The van der Waals surface area contributed by atoms with Crippen LogP contribution in [0, 0.1) is 0 Å². The fraction of sp³-hybridized carbons (Fsp3) is 0.308. The van der Waals surface area contributed by atoms with Crippen molar-refractivity contribution in [2.24, 2.45) is 7.05 Å². The van der Waals surface area contributed by atoms with Crippen molar-refractivity contribution in [3.63, 3.8) is 0 Å². The van der Waals surface area contributed by atoms with Gasteiger partial charge in [-0.05, 0) is 19.1 Å². The van der Waals surface area contributed by atoms with Gasteiger partial charge in [0, 0.05) is 19.5 Å². The second-order valence-electron chi connectivity index (χ2n) is 4.56. The molecule has 0 aliphatic carbocycles. The summed E-state index contributed by atoms with van der Waals surface area (Å²) in [6.07, 6.45) is 5.81. The molecule has 0 aliphatic heterocycles. The molecule has 0 fully saturated rings. The Labute approximate surface area is 110 Å². The number of fused-ring (bicyclic) bond motifs is 1. The summed E-state index contributed by atoms with van der Waals surface area (Å²) in [6.45, 7) is 2.09. The molecule has 3 rings (SSSR count). The Morgan fingerprint density at radius 2 is 2.32 bits per heavy atom. The van der Waals surface area contributed by atoms with Crippen LogP contribution >= 0.6 is 0 Å². The highest BCUT2D eigenvalue weighted by molar-refractivity contribution is 5.86. The van der Waals surface area contributed by atoms with Crippen LogP contribution < -0.4 is 5.32 Å². The molecular weight excluding hydrogens is 242 g/mol. The minimum absolute atomic E-state index is 0.212. The highest BCUT2D eigenvalue weighted by Gasteiger charge is 2.11. The summed E-state index contributed by atoms with van der Waals surface area (Å²) in [4.78, 5) is 8.50.